The molecular formula is C19H32N6O4. The van der Waals surface area contributed by atoms with Gasteiger partial charge in [0, 0.05) is 51.6 Å². The van der Waals surface area contributed by atoms with E-state index in [-0.39, 0.29) is 24.0 Å². The normalized spacial score (nSPS) is 20.2. The molecule has 3 rings (SSSR count). The van der Waals surface area contributed by atoms with E-state index in [9.17, 15) is 9.59 Å². The van der Waals surface area contributed by atoms with Gasteiger partial charge in [-0.15, -0.1) is 0 Å². The van der Waals surface area contributed by atoms with Gasteiger partial charge < -0.3 is 24.8 Å². The molecule has 1 aromatic heterocycles. The van der Waals surface area contributed by atoms with Gasteiger partial charge >= 0.3 is 6.03 Å². The van der Waals surface area contributed by atoms with Crippen LogP contribution in [0.4, 0.5) is 4.79 Å². The number of likely N-dealkylation sites (tertiary alicyclic amines) is 1. The number of carbonyl (C=O) groups excluding carboxylic acids is 2. The number of carbonyl (C=O) groups is 2. The van der Waals surface area contributed by atoms with Crippen molar-refractivity contribution >= 4 is 11.9 Å². The Kier molecular flexibility index (Phi) is 7.82. The Hall–Kier alpha value is -2.20. The monoisotopic (exact) mass is 408 g/mol. The van der Waals surface area contributed by atoms with Crippen LogP contribution < -0.4 is 10.6 Å². The van der Waals surface area contributed by atoms with Gasteiger partial charge in [0.25, 0.3) is 0 Å². The first-order valence-electron chi connectivity index (χ1n) is 10.5. The molecule has 0 radical (unpaired) electrons. The summed E-state index contributed by atoms with van der Waals surface area (Å²) < 4.78 is 10.6. The van der Waals surface area contributed by atoms with E-state index in [0.29, 0.717) is 37.6 Å². The average Bonchev–Trinajstić information content (AvgIpc) is 3.36. The molecular weight excluding hydrogens is 376 g/mol. The highest BCUT2D eigenvalue weighted by Crippen LogP contribution is 2.30. The zero-order valence-electron chi connectivity index (χ0n) is 17.4. The first kappa shape index (κ1) is 21.5. The van der Waals surface area contributed by atoms with Gasteiger partial charge in [-0.25, -0.2) is 4.79 Å². The van der Waals surface area contributed by atoms with Crippen molar-refractivity contribution in [2.75, 3.05) is 45.9 Å². The maximum absolute atomic E-state index is 12.3. The first-order chi connectivity index (χ1) is 14.0. The third-order valence-electron chi connectivity index (χ3n) is 5.13. The molecule has 10 heteroatoms. The maximum Gasteiger partial charge on any atom is 0.318 e. The Balaban J connectivity index is 1.41. The molecule has 1 atom stereocenters. The smallest absolute Gasteiger partial charge is 0.318 e. The van der Waals surface area contributed by atoms with Crippen LogP contribution in [0, 0.1) is 0 Å². The van der Waals surface area contributed by atoms with E-state index in [2.05, 4.69) is 25.7 Å². The van der Waals surface area contributed by atoms with E-state index < -0.39 is 0 Å². The molecule has 2 fully saturated rings. The van der Waals surface area contributed by atoms with Crippen molar-refractivity contribution < 1.29 is 18.8 Å². The van der Waals surface area contributed by atoms with E-state index >= 15 is 0 Å². The molecule has 10 nitrogen and oxygen atoms in total. The molecule has 3 heterocycles. The second-order valence-corrected chi connectivity index (χ2v) is 7.81. The minimum absolute atomic E-state index is 0.0307. The van der Waals surface area contributed by atoms with E-state index in [0.717, 1.165) is 45.7 Å². The molecule has 29 heavy (non-hydrogen) atoms. The summed E-state index contributed by atoms with van der Waals surface area (Å²) in [6.45, 7) is 9.32. The van der Waals surface area contributed by atoms with Crippen molar-refractivity contribution in [2.24, 2.45) is 0 Å². The predicted octanol–water partition coefficient (Wildman–Crippen LogP) is 0.706. The van der Waals surface area contributed by atoms with Gasteiger partial charge in [-0.1, -0.05) is 5.16 Å². The van der Waals surface area contributed by atoms with Crippen molar-refractivity contribution in [1.29, 1.82) is 0 Å². The standard InChI is InChI=1S/C19H32N6O4/c1-14(2)21-19(27)25-8-3-4-15(25)18-22-17(29-23-18)6-5-16(26)20-7-9-24-10-12-28-13-11-24/h14-15H,3-13H2,1-2H3,(H,20,26)(H,21,27). The minimum Gasteiger partial charge on any atom is -0.379 e. The zero-order chi connectivity index (χ0) is 20.6. The van der Waals surface area contributed by atoms with Crippen LogP contribution in [0.2, 0.25) is 0 Å². The molecule has 1 unspecified atom stereocenters. The molecule has 0 spiro atoms. The lowest BCUT2D eigenvalue weighted by Crippen LogP contribution is -2.42. The first-order valence-corrected chi connectivity index (χ1v) is 10.5. The molecule has 1 aromatic rings. The fraction of sp³-hybridized carbons (Fsp3) is 0.789. The Labute approximate surface area is 171 Å². The topological polar surface area (TPSA) is 113 Å². The van der Waals surface area contributed by atoms with Crippen LogP contribution in [-0.2, 0) is 16.0 Å². The van der Waals surface area contributed by atoms with Crippen LogP contribution in [0.15, 0.2) is 4.52 Å². The third-order valence-corrected chi connectivity index (χ3v) is 5.13. The summed E-state index contributed by atoms with van der Waals surface area (Å²) >= 11 is 0. The molecule has 0 aliphatic carbocycles. The van der Waals surface area contributed by atoms with Crippen LogP contribution in [0.25, 0.3) is 0 Å². The Morgan fingerprint density at radius 3 is 2.79 bits per heavy atom. The lowest BCUT2D eigenvalue weighted by molar-refractivity contribution is -0.121. The molecule has 2 aliphatic heterocycles. The van der Waals surface area contributed by atoms with Gasteiger partial charge in [0.1, 0.15) is 0 Å². The van der Waals surface area contributed by atoms with Gasteiger partial charge in [0.2, 0.25) is 11.8 Å². The number of hydrogen-bond acceptors (Lipinski definition) is 7. The molecule has 162 valence electrons. The molecule has 2 saturated heterocycles. The van der Waals surface area contributed by atoms with E-state index in [1.165, 1.54) is 0 Å². The number of hydrogen-bond donors (Lipinski definition) is 2. The highest BCUT2D eigenvalue weighted by molar-refractivity contribution is 5.76. The number of ether oxygens (including phenoxy) is 1. The van der Waals surface area contributed by atoms with Gasteiger partial charge in [-0.2, -0.15) is 4.98 Å². The summed E-state index contributed by atoms with van der Waals surface area (Å²) in [6, 6.07) is -0.201. The molecule has 0 saturated carbocycles. The SMILES string of the molecule is CC(C)NC(=O)N1CCCC1c1noc(CCC(=O)NCCN2CCOCC2)n1. The van der Waals surface area contributed by atoms with Gasteiger partial charge in [0.05, 0.1) is 19.3 Å². The number of urea groups is 1. The Morgan fingerprint density at radius 1 is 1.24 bits per heavy atom. The summed E-state index contributed by atoms with van der Waals surface area (Å²) in [6.07, 6.45) is 2.41. The van der Waals surface area contributed by atoms with E-state index in [1.807, 2.05) is 13.8 Å². The summed E-state index contributed by atoms with van der Waals surface area (Å²) in [5.74, 6) is 0.917. The number of aryl methyl sites for hydroxylation is 1. The lowest BCUT2D eigenvalue weighted by Gasteiger charge is -2.26. The molecule has 3 amide bonds. The number of nitrogens with one attached hydrogen (secondary N) is 2. The predicted molar refractivity (Wildman–Crippen MR) is 105 cm³/mol. The highest BCUT2D eigenvalue weighted by Gasteiger charge is 2.33. The summed E-state index contributed by atoms with van der Waals surface area (Å²) in [5.41, 5.74) is 0. The van der Waals surface area contributed by atoms with Crippen LogP contribution in [0.1, 0.15) is 50.9 Å². The van der Waals surface area contributed by atoms with Crippen LogP contribution in [0.3, 0.4) is 0 Å². The van der Waals surface area contributed by atoms with Gasteiger partial charge in [0.15, 0.2) is 5.82 Å². The molecule has 0 aromatic carbocycles. The third kappa shape index (κ3) is 6.40. The number of rotatable bonds is 8. The number of aromatic nitrogens is 2. The molecule has 0 bridgehead atoms. The highest BCUT2D eigenvalue weighted by atomic mass is 16.5. The number of morpholine rings is 1. The van der Waals surface area contributed by atoms with Crippen molar-refractivity contribution in [2.45, 2.75) is 51.6 Å². The summed E-state index contributed by atoms with van der Waals surface area (Å²) in [4.78, 5) is 32.9. The van der Waals surface area contributed by atoms with Crippen molar-refractivity contribution in [3.8, 4) is 0 Å². The Morgan fingerprint density at radius 2 is 2.03 bits per heavy atom. The lowest BCUT2D eigenvalue weighted by atomic mass is 10.2. The minimum atomic E-state index is -0.173. The van der Waals surface area contributed by atoms with Crippen LogP contribution in [-0.4, -0.2) is 83.9 Å². The van der Waals surface area contributed by atoms with Gasteiger partial charge in [-0.3, -0.25) is 9.69 Å². The van der Waals surface area contributed by atoms with Crippen LogP contribution >= 0.6 is 0 Å². The quantitative estimate of drug-likeness (QED) is 0.651. The van der Waals surface area contributed by atoms with E-state index in [1.54, 1.807) is 4.90 Å². The largest absolute Gasteiger partial charge is 0.379 e. The maximum atomic E-state index is 12.3. The van der Waals surface area contributed by atoms with Gasteiger partial charge in [-0.05, 0) is 26.7 Å². The van der Waals surface area contributed by atoms with Crippen LogP contribution in [0.5, 0.6) is 0 Å². The number of amides is 3. The zero-order valence-corrected chi connectivity index (χ0v) is 17.4. The molecule has 2 N–H and O–H groups in total. The van der Waals surface area contributed by atoms with Crippen molar-refractivity contribution in [3.63, 3.8) is 0 Å². The summed E-state index contributed by atoms with van der Waals surface area (Å²) in [5, 5.41) is 9.90. The van der Waals surface area contributed by atoms with E-state index in [4.69, 9.17) is 9.26 Å². The fourth-order valence-corrected chi connectivity index (χ4v) is 3.60. The second kappa shape index (κ2) is 10.5. The molecule has 2 aliphatic rings. The Bertz CT molecular complexity index is 673. The fourth-order valence-electron chi connectivity index (χ4n) is 3.60. The van der Waals surface area contributed by atoms with Crippen molar-refractivity contribution in [3.05, 3.63) is 11.7 Å². The average molecular weight is 409 g/mol. The van der Waals surface area contributed by atoms with Crippen molar-refractivity contribution in [1.82, 2.24) is 30.6 Å². The number of nitrogens with zero attached hydrogens (tertiary/aromatic N) is 4. The summed E-state index contributed by atoms with van der Waals surface area (Å²) in [7, 11) is 0. The second-order valence-electron chi connectivity index (χ2n) is 7.81.